The molecule has 1 N–H and O–H groups in total. The Morgan fingerprint density at radius 3 is 2.77 bits per heavy atom. The monoisotopic (exact) mass is 306 g/mol. The standard InChI is InChI=1S/C17H26N2O3/c1-14-6-4-5-7-15(14)10-17(13-20)12-19(8-9-22-17)11-16(21)18(2)3/h4-7,20H,8-13H2,1-3H3. The van der Waals surface area contributed by atoms with E-state index in [-0.39, 0.29) is 12.5 Å². The zero-order valence-corrected chi connectivity index (χ0v) is 13.7. The van der Waals surface area contributed by atoms with Gasteiger partial charge in [0, 0.05) is 33.6 Å². The van der Waals surface area contributed by atoms with Gasteiger partial charge in [-0.05, 0) is 18.1 Å². The number of aliphatic hydroxyl groups is 1. The zero-order valence-electron chi connectivity index (χ0n) is 13.7. The van der Waals surface area contributed by atoms with Crippen molar-refractivity contribution in [3.63, 3.8) is 0 Å². The van der Waals surface area contributed by atoms with Crippen LogP contribution < -0.4 is 0 Å². The van der Waals surface area contributed by atoms with E-state index in [2.05, 4.69) is 24.0 Å². The van der Waals surface area contributed by atoms with Crippen molar-refractivity contribution in [3.8, 4) is 0 Å². The summed E-state index contributed by atoms with van der Waals surface area (Å²) >= 11 is 0. The van der Waals surface area contributed by atoms with Crippen molar-refractivity contribution in [3.05, 3.63) is 35.4 Å². The van der Waals surface area contributed by atoms with E-state index in [1.807, 2.05) is 12.1 Å². The second kappa shape index (κ2) is 7.22. The van der Waals surface area contributed by atoms with E-state index in [1.165, 1.54) is 11.1 Å². The maximum atomic E-state index is 11.9. The van der Waals surface area contributed by atoms with Crippen molar-refractivity contribution in [2.45, 2.75) is 18.9 Å². The Morgan fingerprint density at radius 1 is 1.41 bits per heavy atom. The molecule has 0 bridgehead atoms. The van der Waals surface area contributed by atoms with Crippen LogP contribution in [0.4, 0.5) is 0 Å². The highest BCUT2D eigenvalue weighted by atomic mass is 16.5. The molecule has 0 aromatic heterocycles. The van der Waals surface area contributed by atoms with Crippen molar-refractivity contribution < 1.29 is 14.6 Å². The van der Waals surface area contributed by atoms with E-state index in [9.17, 15) is 9.90 Å². The first-order chi connectivity index (χ1) is 10.5. The van der Waals surface area contributed by atoms with Crippen molar-refractivity contribution in [2.75, 3.05) is 46.9 Å². The SMILES string of the molecule is Cc1ccccc1CC1(CO)CN(CC(=O)N(C)C)CCO1. The van der Waals surface area contributed by atoms with Gasteiger partial charge in [0.15, 0.2) is 0 Å². The predicted molar refractivity (Wildman–Crippen MR) is 85.8 cm³/mol. The first-order valence-corrected chi connectivity index (χ1v) is 7.67. The summed E-state index contributed by atoms with van der Waals surface area (Å²) < 4.78 is 5.93. The van der Waals surface area contributed by atoms with Crippen LogP contribution in [-0.2, 0) is 16.0 Å². The minimum atomic E-state index is -0.628. The van der Waals surface area contributed by atoms with Crippen LogP contribution in [0.1, 0.15) is 11.1 Å². The van der Waals surface area contributed by atoms with Gasteiger partial charge in [0.1, 0.15) is 5.60 Å². The van der Waals surface area contributed by atoms with Crippen molar-refractivity contribution in [2.24, 2.45) is 0 Å². The van der Waals surface area contributed by atoms with Gasteiger partial charge < -0.3 is 14.7 Å². The average Bonchev–Trinajstić information content (AvgIpc) is 2.50. The molecule has 1 aromatic carbocycles. The number of likely N-dealkylation sites (N-methyl/N-ethyl adjacent to an activating group) is 1. The van der Waals surface area contributed by atoms with Crippen LogP contribution in [0.5, 0.6) is 0 Å². The Bertz CT molecular complexity index is 518. The summed E-state index contributed by atoms with van der Waals surface area (Å²) in [6, 6.07) is 8.15. The second-order valence-electron chi connectivity index (χ2n) is 6.29. The zero-order chi connectivity index (χ0) is 16.2. The maximum Gasteiger partial charge on any atom is 0.236 e. The molecule has 0 aliphatic carbocycles. The number of morpholine rings is 1. The molecule has 0 spiro atoms. The van der Waals surface area contributed by atoms with Crippen LogP contribution in [-0.4, -0.2) is 73.4 Å². The Morgan fingerprint density at radius 2 is 2.14 bits per heavy atom. The predicted octanol–water partition coefficient (Wildman–Crippen LogP) is 0.689. The van der Waals surface area contributed by atoms with Crippen LogP contribution >= 0.6 is 0 Å². The number of aliphatic hydroxyl groups excluding tert-OH is 1. The summed E-state index contributed by atoms with van der Waals surface area (Å²) in [6.45, 7) is 4.20. The number of hydrogen-bond acceptors (Lipinski definition) is 4. The van der Waals surface area contributed by atoms with Crippen molar-refractivity contribution in [1.82, 2.24) is 9.80 Å². The topological polar surface area (TPSA) is 53.0 Å². The Kier molecular flexibility index (Phi) is 5.56. The van der Waals surface area contributed by atoms with Crippen molar-refractivity contribution >= 4 is 5.91 Å². The molecule has 5 nitrogen and oxygen atoms in total. The van der Waals surface area contributed by atoms with Crippen LogP contribution in [0.3, 0.4) is 0 Å². The Labute approximate surface area is 132 Å². The molecule has 1 atom stereocenters. The molecule has 0 saturated carbocycles. The number of carbonyl (C=O) groups excluding carboxylic acids is 1. The molecule has 5 heteroatoms. The van der Waals surface area contributed by atoms with Gasteiger partial charge in [-0.1, -0.05) is 24.3 Å². The summed E-state index contributed by atoms with van der Waals surface area (Å²) in [5.41, 5.74) is 1.74. The van der Waals surface area contributed by atoms with Gasteiger partial charge >= 0.3 is 0 Å². The highest BCUT2D eigenvalue weighted by Gasteiger charge is 2.37. The van der Waals surface area contributed by atoms with Crippen LogP contribution in [0.2, 0.25) is 0 Å². The molecule has 1 aliphatic rings. The highest BCUT2D eigenvalue weighted by molar-refractivity contribution is 5.77. The summed E-state index contributed by atoms with van der Waals surface area (Å²) in [7, 11) is 3.52. The molecular formula is C17H26N2O3. The lowest BCUT2D eigenvalue weighted by Crippen LogP contribution is -2.56. The highest BCUT2D eigenvalue weighted by Crippen LogP contribution is 2.24. The van der Waals surface area contributed by atoms with E-state index < -0.39 is 5.60 Å². The molecule has 1 heterocycles. The minimum absolute atomic E-state index is 0.0476. The number of aryl methyl sites for hydroxylation is 1. The van der Waals surface area contributed by atoms with E-state index in [4.69, 9.17) is 4.74 Å². The third kappa shape index (κ3) is 4.06. The number of carbonyl (C=O) groups is 1. The van der Waals surface area contributed by atoms with Gasteiger partial charge in [0.05, 0.1) is 19.8 Å². The second-order valence-corrected chi connectivity index (χ2v) is 6.29. The van der Waals surface area contributed by atoms with Gasteiger partial charge in [-0.15, -0.1) is 0 Å². The van der Waals surface area contributed by atoms with E-state index in [0.717, 1.165) is 6.54 Å². The smallest absolute Gasteiger partial charge is 0.236 e. The number of ether oxygens (including phenoxy) is 1. The third-order valence-electron chi connectivity index (χ3n) is 4.25. The van der Waals surface area contributed by atoms with Gasteiger partial charge in [-0.25, -0.2) is 0 Å². The first kappa shape index (κ1) is 16.9. The fraction of sp³-hybridized carbons (Fsp3) is 0.588. The van der Waals surface area contributed by atoms with Gasteiger partial charge in [-0.3, -0.25) is 9.69 Å². The maximum absolute atomic E-state index is 11.9. The lowest BCUT2D eigenvalue weighted by molar-refractivity contribution is -0.145. The molecule has 0 radical (unpaired) electrons. The van der Waals surface area contributed by atoms with E-state index in [0.29, 0.717) is 26.1 Å². The van der Waals surface area contributed by atoms with Crippen molar-refractivity contribution in [1.29, 1.82) is 0 Å². The van der Waals surface area contributed by atoms with Crippen LogP contribution in [0, 0.1) is 6.92 Å². The summed E-state index contributed by atoms with van der Waals surface area (Å²) in [6.07, 6.45) is 0.656. The number of benzene rings is 1. The summed E-state index contributed by atoms with van der Waals surface area (Å²) in [5.74, 6) is 0.0737. The number of amides is 1. The number of rotatable bonds is 5. The molecule has 1 unspecified atom stereocenters. The van der Waals surface area contributed by atoms with Crippen LogP contribution in [0.25, 0.3) is 0 Å². The number of hydrogen-bond donors (Lipinski definition) is 1. The van der Waals surface area contributed by atoms with Gasteiger partial charge in [0.2, 0.25) is 5.91 Å². The lowest BCUT2D eigenvalue weighted by Gasteiger charge is -2.42. The lowest BCUT2D eigenvalue weighted by atomic mass is 9.91. The van der Waals surface area contributed by atoms with E-state index in [1.54, 1.807) is 19.0 Å². The third-order valence-corrected chi connectivity index (χ3v) is 4.25. The minimum Gasteiger partial charge on any atom is -0.393 e. The molecule has 22 heavy (non-hydrogen) atoms. The number of nitrogens with zero attached hydrogens (tertiary/aromatic N) is 2. The fourth-order valence-corrected chi connectivity index (χ4v) is 2.81. The molecule has 1 aliphatic heterocycles. The largest absolute Gasteiger partial charge is 0.393 e. The first-order valence-electron chi connectivity index (χ1n) is 7.67. The molecule has 1 saturated heterocycles. The Balaban J connectivity index is 2.09. The molecular weight excluding hydrogens is 280 g/mol. The molecule has 122 valence electrons. The fourth-order valence-electron chi connectivity index (χ4n) is 2.81. The summed E-state index contributed by atoms with van der Waals surface area (Å²) in [4.78, 5) is 15.6. The molecule has 1 aromatic rings. The molecule has 2 rings (SSSR count). The van der Waals surface area contributed by atoms with Crippen LogP contribution in [0.15, 0.2) is 24.3 Å². The van der Waals surface area contributed by atoms with Gasteiger partial charge in [-0.2, -0.15) is 0 Å². The van der Waals surface area contributed by atoms with E-state index >= 15 is 0 Å². The molecule has 1 amide bonds. The Hall–Kier alpha value is -1.43. The summed E-state index contributed by atoms with van der Waals surface area (Å²) in [5, 5.41) is 9.91. The quantitative estimate of drug-likeness (QED) is 0.869. The van der Waals surface area contributed by atoms with Gasteiger partial charge in [0.25, 0.3) is 0 Å². The average molecular weight is 306 g/mol. The normalized spacial score (nSPS) is 22.5. The molecule has 1 fully saturated rings.